The highest BCUT2D eigenvalue weighted by atomic mass is 32.2. The van der Waals surface area contributed by atoms with Crippen LogP contribution in [-0.2, 0) is 15.0 Å². The van der Waals surface area contributed by atoms with Crippen molar-refractivity contribution in [3.05, 3.63) is 66.0 Å². The first-order chi connectivity index (χ1) is 12.7. The topological polar surface area (TPSA) is 69.7 Å². The monoisotopic (exact) mass is 393 g/mol. The molecule has 0 unspecified atom stereocenters. The minimum absolute atomic E-state index is 0.0579. The lowest BCUT2D eigenvalue weighted by molar-refractivity contribution is -0.119. The third-order valence-corrected chi connectivity index (χ3v) is 5.93. The lowest BCUT2D eigenvalue weighted by atomic mass is 10.0. The normalized spacial score (nSPS) is 12.6. The van der Waals surface area contributed by atoms with Gasteiger partial charge in [-0.1, -0.05) is 49.4 Å². The van der Waals surface area contributed by atoms with Crippen LogP contribution in [0.15, 0.2) is 54.6 Å². The van der Waals surface area contributed by atoms with E-state index in [0.29, 0.717) is 6.54 Å². The fourth-order valence-electron chi connectivity index (χ4n) is 2.49. The number of benzene rings is 2. The van der Waals surface area contributed by atoms with Crippen LogP contribution in [0.25, 0.3) is 0 Å². The van der Waals surface area contributed by atoms with E-state index < -0.39 is 28.5 Å². The van der Waals surface area contributed by atoms with Gasteiger partial charge in [0.25, 0.3) is 0 Å². The number of nitrogens with one attached hydrogen (secondary N) is 1. The molecule has 2 aromatic carbocycles. The average molecular weight is 393 g/mol. The molecule has 6 nitrogen and oxygen atoms in total. The number of carbonyl (C=O) groups excluding carboxylic acids is 1. The molecule has 0 saturated heterocycles. The van der Waals surface area contributed by atoms with Crippen LogP contribution in [0.2, 0.25) is 0 Å². The number of rotatable bonds is 8. The number of amides is 1. The van der Waals surface area contributed by atoms with Crippen LogP contribution in [-0.4, -0.2) is 45.8 Å². The van der Waals surface area contributed by atoms with Crippen LogP contribution >= 0.6 is 0 Å². The zero-order valence-electron chi connectivity index (χ0n) is 15.6. The van der Waals surface area contributed by atoms with E-state index in [4.69, 9.17) is 0 Å². The Kier molecular flexibility index (Phi) is 6.92. The third kappa shape index (κ3) is 5.27. The molecule has 0 radical (unpaired) electrons. The van der Waals surface area contributed by atoms with E-state index in [0.717, 1.165) is 20.2 Å². The van der Waals surface area contributed by atoms with Gasteiger partial charge in [-0.2, -0.15) is 12.7 Å². The van der Waals surface area contributed by atoms with E-state index in [1.54, 1.807) is 0 Å². The van der Waals surface area contributed by atoms with Gasteiger partial charge >= 0.3 is 10.2 Å². The molecule has 2 aromatic rings. The molecule has 0 aromatic heterocycles. The highest BCUT2D eigenvalue weighted by molar-refractivity contribution is 7.90. The number of hydrogen-bond donors (Lipinski definition) is 1. The SMILES string of the molecule is C[C@H](CNC(=O)CN(c1ccccc1F)S(=O)(=O)N(C)C)c1ccccc1. The summed E-state index contributed by atoms with van der Waals surface area (Å²) >= 11 is 0. The Bertz CT molecular complexity index is 873. The van der Waals surface area contributed by atoms with Gasteiger partial charge in [0.1, 0.15) is 12.4 Å². The van der Waals surface area contributed by atoms with E-state index in [9.17, 15) is 17.6 Å². The van der Waals surface area contributed by atoms with E-state index in [-0.39, 0.29) is 11.6 Å². The second-order valence-electron chi connectivity index (χ2n) is 6.36. The predicted molar refractivity (Wildman–Crippen MR) is 104 cm³/mol. The Labute approximate surface area is 159 Å². The van der Waals surface area contributed by atoms with Crippen molar-refractivity contribution in [2.45, 2.75) is 12.8 Å². The first kappa shape index (κ1) is 20.9. The van der Waals surface area contributed by atoms with Gasteiger partial charge in [-0.3, -0.25) is 4.79 Å². The summed E-state index contributed by atoms with van der Waals surface area (Å²) in [7, 11) is -1.37. The molecule has 1 amide bonds. The molecule has 27 heavy (non-hydrogen) atoms. The van der Waals surface area contributed by atoms with Crippen LogP contribution in [0.4, 0.5) is 10.1 Å². The standard InChI is InChI=1S/C19H24FN3O3S/c1-15(16-9-5-4-6-10-16)13-21-19(24)14-23(27(25,26)22(2)3)18-12-8-7-11-17(18)20/h4-12,15H,13-14H2,1-3H3,(H,21,24)/t15-/m1/s1. The Morgan fingerprint density at radius 3 is 2.26 bits per heavy atom. The second-order valence-corrected chi connectivity index (χ2v) is 8.43. The number of hydrogen-bond acceptors (Lipinski definition) is 3. The molecule has 0 aliphatic rings. The van der Waals surface area contributed by atoms with Gasteiger partial charge in [0.05, 0.1) is 5.69 Å². The summed E-state index contributed by atoms with van der Waals surface area (Å²) in [6.07, 6.45) is 0. The molecule has 1 N–H and O–H groups in total. The van der Waals surface area contributed by atoms with Crippen LogP contribution in [0.5, 0.6) is 0 Å². The Hall–Kier alpha value is -2.45. The van der Waals surface area contributed by atoms with E-state index in [1.165, 1.54) is 32.3 Å². The number of anilines is 1. The van der Waals surface area contributed by atoms with Crippen molar-refractivity contribution < 1.29 is 17.6 Å². The van der Waals surface area contributed by atoms with Gasteiger partial charge in [-0.15, -0.1) is 0 Å². The molecule has 0 spiro atoms. The molecule has 0 aliphatic heterocycles. The molecular formula is C19H24FN3O3S. The van der Waals surface area contributed by atoms with Gasteiger partial charge in [0.2, 0.25) is 5.91 Å². The van der Waals surface area contributed by atoms with E-state index in [1.807, 2.05) is 37.3 Å². The number of carbonyl (C=O) groups is 1. The van der Waals surface area contributed by atoms with Crippen molar-refractivity contribution in [3.63, 3.8) is 0 Å². The van der Waals surface area contributed by atoms with Crippen molar-refractivity contribution in [3.8, 4) is 0 Å². The summed E-state index contributed by atoms with van der Waals surface area (Å²) in [5.74, 6) is -1.16. The molecule has 8 heteroatoms. The zero-order chi connectivity index (χ0) is 20.0. The third-order valence-electron chi connectivity index (χ3n) is 4.12. The quantitative estimate of drug-likeness (QED) is 0.749. The van der Waals surface area contributed by atoms with Crippen molar-refractivity contribution >= 4 is 21.8 Å². The molecule has 2 rings (SSSR count). The van der Waals surface area contributed by atoms with Gasteiger partial charge in [-0.05, 0) is 23.6 Å². The molecule has 0 saturated carbocycles. The fraction of sp³-hybridized carbons (Fsp3) is 0.316. The van der Waals surface area contributed by atoms with E-state index >= 15 is 0 Å². The molecule has 0 fully saturated rings. The first-order valence-electron chi connectivity index (χ1n) is 8.50. The zero-order valence-corrected chi connectivity index (χ0v) is 16.4. The minimum Gasteiger partial charge on any atom is -0.354 e. The van der Waals surface area contributed by atoms with Crippen LogP contribution in [0, 0.1) is 5.82 Å². The maximum atomic E-state index is 14.2. The minimum atomic E-state index is -4.03. The molecule has 0 bridgehead atoms. The summed E-state index contributed by atoms with van der Waals surface area (Å²) in [5.41, 5.74) is 0.891. The fourth-order valence-corrected chi connectivity index (χ4v) is 3.57. The van der Waals surface area contributed by atoms with E-state index in [2.05, 4.69) is 5.32 Å². The van der Waals surface area contributed by atoms with Crippen LogP contribution in [0.1, 0.15) is 18.4 Å². The summed E-state index contributed by atoms with van der Waals surface area (Å²) < 4.78 is 41.0. The molecule has 1 atom stereocenters. The highest BCUT2D eigenvalue weighted by Crippen LogP contribution is 2.22. The maximum absolute atomic E-state index is 14.2. The molecule has 146 valence electrons. The van der Waals surface area contributed by atoms with Gasteiger partial charge in [-0.25, -0.2) is 8.70 Å². The number of nitrogens with zero attached hydrogens (tertiary/aromatic N) is 2. The van der Waals surface area contributed by atoms with Crippen molar-refractivity contribution in [2.24, 2.45) is 0 Å². The van der Waals surface area contributed by atoms with Gasteiger partial charge < -0.3 is 5.32 Å². The largest absolute Gasteiger partial charge is 0.354 e. The average Bonchev–Trinajstić information content (AvgIpc) is 2.65. The van der Waals surface area contributed by atoms with Crippen molar-refractivity contribution in [2.75, 3.05) is 31.5 Å². The molecule has 0 heterocycles. The summed E-state index contributed by atoms with van der Waals surface area (Å²) in [5, 5.41) is 2.73. The lowest BCUT2D eigenvalue weighted by Crippen LogP contribution is -2.46. The predicted octanol–water partition coefficient (Wildman–Crippen LogP) is 2.36. The second kappa shape index (κ2) is 8.96. The van der Waals surface area contributed by atoms with Crippen LogP contribution in [0.3, 0.4) is 0 Å². The molecule has 0 aliphatic carbocycles. The van der Waals surface area contributed by atoms with Crippen LogP contribution < -0.4 is 9.62 Å². The smallest absolute Gasteiger partial charge is 0.304 e. The number of para-hydroxylation sites is 1. The lowest BCUT2D eigenvalue weighted by Gasteiger charge is -2.27. The number of halogens is 1. The highest BCUT2D eigenvalue weighted by Gasteiger charge is 2.29. The first-order valence-corrected chi connectivity index (χ1v) is 9.89. The van der Waals surface area contributed by atoms with Crippen molar-refractivity contribution in [1.29, 1.82) is 0 Å². The summed E-state index contributed by atoms with van der Waals surface area (Å²) in [6, 6.07) is 15.1. The van der Waals surface area contributed by atoms with Gasteiger partial charge in [0.15, 0.2) is 0 Å². The Morgan fingerprint density at radius 2 is 1.67 bits per heavy atom. The maximum Gasteiger partial charge on any atom is 0.304 e. The Balaban J connectivity index is 2.13. The Morgan fingerprint density at radius 1 is 1.07 bits per heavy atom. The summed E-state index contributed by atoms with van der Waals surface area (Å²) in [4.78, 5) is 12.4. The summed E-state index contributed by atoms with van der Waals surface area (Å²) in [6.45, 7) is 1.79. The molecular weight excluding hydrogens is 369 g/mol. The van der Waals surface area contributed by atoms with Crippen molar-refractivity contribution in [1.82, 2.24) is 9.62 Å². The van der Waals surface area contributed by atoms with Gasteiger partial charge in [0, 0.05) is 20.6 Å².